The zero-order valence-electron chi connectivity index (χ0n) is 10.4. The molecule has 0 aromatic heterocycles. The zero-order valence-corrected chi connectivity index (χ0v) is 10.4. The molecule has 94 valence electrons. The lowest BCUT2D eigenvalue weighted by Gasteiger charge is -2.44. The second kappa shape index (κ2) is 6.58. The van der Waals surface area contributed by atoms with Crippen LogP contribution in [0.3, 0.4) is 0 Å². The van der Waals surface area contributed by atoms with Gasteiger partial charge in [0.25, 0.3) is 0 Å². The molecule has 3 nitrogen and oxygen atoms in total. The molecule has 2 fully saturated rings. The molecule has 0 aromatic carbocycles. The fraction of sp³-hybridized carbons (Fsp3) is 1.00. The molecule has 2 heterocycles. The quantitative estimate of drug-likeness (QED) is 0.724. The molecule has 0 bridgehead atoms. The van der Waals surface area contributed by atoms with Gasteiger partial charge in [0.1, 0.15) is 0 Å². The third-order valence-corrected chi connectivity index (χ3v) is 4.05. The second-order valence-electron chi connectivity index (χ2n) is 5.22. The molecule has 0 amide bonds. The minimum atomic E-state index is 0.750. The maximum absolute atomic E-state index is 5.76. The Morgan fingerprint density at radius 2 is 2.00 bits per heavy atom. The van der Waals surface area contributed by atoms with Crippen LogP contribution in [0.2, 0.25) is 0 Å². The summed E-state index contributed by atoms with van der Waals surface area (Å²) in [6.07, 6.45) is 7.94. The molecular weight excluding hydrogens is 200 g/mol. The van der Waals surface area contributed by atoms with Crippen molar-refractivity contribution in [3.63, 3.8) is 0 Å². The van der Waals surface area contributed by atoms with Gasteiger partial charge in [-0.2, -0.15) is 0 Å². The average Bonchev–Trinajstić information content (AvgIpc) is 2.35. The first-order valence-electron chi connectivity index (χ1n) is 6.93. The minimum absolute atomic E-state index is 0.750. The Balaban J connectivity index is 1.74. The van der Waals surface area contributed by atoms with Crippen molar-refractivity contribution in [2.45, 2.75) is 44.6 Å². The van der Waals surface area contributed by atoms with Crippen LogP contribution in [-0.4, -0.2) is 43.8 Å². The van der Waals surface area contributed by atoms with Crippen LogP contribution >= 0.6 is 0 Å². The fourth-order valence-corrected chi connectivity index (χ4v) is 3.19. The van der Waals surface area contributed by atoms with Gasteiger partial charge in [-0.1, -0.05) is 6.42 Å². The number of ether oxygens (including phenoxy) is 1. The molecule has 2 aliphatic heterocycles. The molecule has 16 heavy (non-hydrogen) atoms. The predicted molar refractivity (Wildman–Crippen MR) is 66.4 cm³/mol. The van der Waals surface area contributed by atoms with Crippen molar-refractivity contribution in [1.29, 1.82) is 0 Å². The molecule has 0 aromatic rings. The van der Waals surface area contributed by atoms with E-state index in [-0.39, 0.29) is 0 Å². The number of hydrogen-bond acceptors (Lipinski definition) is 3. The van der Waals surface area contributed by atoms with Crippen molar-refractivity contribution in [3.05, 3.63) is 0 Å². The van der Waals surface area contributed by atoms with E-state index < -0.39 is 0 Å². The number of nitrogens with two attached hydrogens (primary N) is 1. The lowest BCUT2D eigenvalue weighted by Crippen LogP contribution is -2.49. The molecule has 2 rings (SSSR count). The SMILES string of the molecule is NCCCOC[C@@H]1CCCN2CCCC[C@H]12. The van der Waals surface area contributed by atoms with Gasteiger partial charge in [-0.3, -0.25) is 0 Å². The largest absolute Gasteiger partial charge is 0.381 e. The van der Waals surface area contributed by atoms with Crippen LogP contribution in [0.4, 0.5) is 0 Å². The topological polar surface area (TPSA) is 38.5 Å². The lowest BCUT2D eigenvalue weighted by atomic mass is 9.84. The maximum atomic E-state index is 5.76. The third-order valence-electron chi connectivity index (χ3n) is 4.05. The maximum Gasteiger partial charge on any atom is 0.0509 e. The van der Waals surface area contributed by atoms with Crippen molar-refractivity contribution in [2.75, 3.05) is 32.8 Å². The van der Waals surface area contributed by atoms with Crippen LogP contribution in [0, 0.1) is 5.92 Å². The molecule has 2 saturated heterocycles. The minimum Gasteiger partial charge on any atom is -0.381 e. The van der Waals surface area contributed by atoms with E-state index in [1.807, 2.05) is 0 Å². The molecule has 3 heteroatoms. The van der Waals surface area contributed by atoms with Crippen molar-refractivity contribution in [2.24, 2.45) is 11.7 Å². The smallest absolute Gasteiger partial charge is 0.0509 e. The summed E-state index contributed by atoms with van der Waals surface area (Å²) in [7, 11) is 0. The Kier molecular flexibility index (Phi) is 5.07. The predicted octanol–water partition coefficient (Wildman–Crippen LogP) is 1.62. The highest BCUT2D eigenvalue weighted by atomic mass is 16.5. The Morgan fingerprint density at radius 1 is 1.12 bits per heavy atom. The average molecular weight is 226 g/mol. The van der Waals surface area contributed by atoms with E-state index in [4.69, 9.17) is 10.5 Å². The van der Waals surface area contributed by atoms with Gasteiger partial charge in [-0.15, -0.1) is 0 Å². The fourth-order valence-electron chi connectivity index (χ4n) is 3.19. The molecule has 0 unspecified atom stereocenters. The molecule has 2 aliphatic rings. The number of rotatable bonds is 5. The van der Waals surface area contributed by atoms with Crippen molar-refractivity contribution in [3.8, 4) is 0 Å². The van der Waals surface area contributed by atoms with E-state index in [0.717, 1.165) is 38.1 Å². The van der Waals surface area contributed by atoms with E-state index in [0.29, 0.717) is 0 Å². The number of hydrogen-bond donors (Lipinski definition) is 1. The van der Waals surface area contributed by atoms with E-state index in [1.165, 1.54) is 45.2 Å². The van der Waals surface area contributed by atoms with E-state index >= 15 is 0 Å². The van der Waals surface area contributed by atoms with E-state index in [9.17, 15) is 0 Å². The molecule has 2 N–H and O–H groups in total. The van der Waals surface area contributed by atoms with E-state index in [1.54, 1.807) is 0 Å². The van der Waals surface area contributed by atoms with Crippen LogP contribution in [0.1, 0.15) is 38.5 Å². The highest BCUT2D eigenvalue weighted by molar-refractivity contribution is 4.86. The standard InChI is InChI=1S/C13H26N2O/c14-7-4-10-16-11-12-5-3-9-15-8-2-1-6-13(12)15/h12-13H,1-11,14H2/t12-,13+/m0/s1. The summed E-state index contributed by atoms with van der Waals surface area (Å²) in [5, 5.41) is 0. The summed E-state index contributed by atoms with van der Waals surface area (Å²) in [4.78, 5) is 2.70. The Hall–Kier alpha value is -0.120. The highest BCUT2D eigenvalue weighted by Crippen LogP contribution is 2.30. The molecule has 0 saturated carbocycles. The van der Waals surface area contributed by atoms with Gasteiger partial charge >= 0.3 is 0 Å². The highest BCUT2D eigenvalue weighted by Gasteiger charge is 2.32. The normalized spacial score (nSPS) is 31.3. The van der Waals surface area contributed by atoms with Gasteiger partial charge < -0.3 is 15.4 Å². The Morgan fingerprint density at radius 3 is 2.88 bits per heavy atom. The van der Waals surface area contributed by atoms with Crippen molar-refractivity contribution in [1.82, 2.24) is 4.90 Å². The van der Waals surface area contributed by atoms with Gasteiger partial charge in [-0.05, 0) is 57.7 Å². The second-order valence-corrected chi connectivity index (χ2v) is 5.22. The van der Waals surface area contributed by atoms with Crippen LogP contribution in [0.25, 0.3) is 0 Å². The summed E-state index contributed by atoms with van der Waals surface area (Å²) in [6.45, 7) is 5.20. The summed E-state index contributed by atoms with van der Waals surface area (Å²) in [5.74, 6) is 0.784. The van der Waals surface area contributed by atoms with Crippen molar-refractivity contribution >= 4 is 0 Å². The summed E-state index contributed by atoms with van der Waals surface area (Å²) in [5.41, 5.74) is 5.47. The number of nitrogens with zero attached hydrogens (tertiary/aromatic N) is 1. The van der Waals surface area contributed by atoms with Gasteiger partial charge in [0.05, 0.1) is 6.61 Å². The van der Waals surface area contributed by atoms with Crippen LogP contribution < -0.4 is 5.73 Å². The summed E-state index contributed by atoms with van der Waals surface area (Å²) < 4.78 is 5.76. The molecule has 0 spiro atoms. The van der Waals surface area contributed by atoms with Gasteiger partial charge in [0, 0.05) is 12.6 Å². The Bertz CT molecular complexity index is 196. The van der Waals surface area contributed by atoms with Gasteiger partial charge in [0.15, 0.2) is 0 Å². The van der Waals surface area contributed by atoms with Crippen LogP contribution in [-0.2, 0) is 4.74 Å². The summed E-state index contributed by atoms with van der Waals surface area (Å²) in [6, 6.07) is 0.820. The first-order valence-corrected chi connectivity index (χ1v) is 6.93. The monoisotopic (exact) mass is 226 g/mol. The zero-order chi connectivity index (χ0) is 11.2. The number of piperidine rings is 2. The third kappa shape index (κ3) is 3.19. The summed E-state index contributed by atoms with van der Waals surface area (Å²) >= 11 is 0. The van der Waals surface area contributed by atoms with Gasteiger partial charge in [-0.25, -0.2) is 0 Å². The van der Waals surface area contributed by atoms with E-state index in [2.05, 4.69) is 4.90 Å². The molecule has 2 atom stereocenters. The molecule has 0 radical (unpaired) electrons. The molecule has 0 aliphatic carbocycles. The molecular formula is C13H26N2O. The lowest BCUT2D eigenvalue weighted by molar-refractivity contribution is 0.00390. The van der Waals surface area contributed by atoms with Crippen LogP contribution in [0.5, 0.6) is 0 Å². The first-order chi connectivity index (χ1) is 7.92. The number of fused-ring (bicyclic) bond motifs is 1. The van der Waals surface area contributed by atoms with Gasteiger partial charge in [0.2, 0.25) is 0 Å². The Labute approximate surface area is 99.3 Å². The van der Waals surface area contributed by atoms with Crippen LogP contribution in [0.15, 0.2) is 0 Å². The first kappa shape index (κ1) is 12.3. The van der Waals surface area contributed by atoms with Crippen molar-refractivity contribution < 1.29 is 4.74 Å².